The minimum Gasteiger partial charge on any atom is -1.00 e. The fourth-order valence-electron chi connectivity index (χ4n) is 3.74. The first-order chi connectivity index (χ1) is 14.7. The summed E-state index contributed by atoms with van der Waals surface area (Å²) in [5.41, 5.74) is 0.121. The van der Waals surface area contributed by atoms with Crippen molar-refractivity contribution < 1.29 is 22.3 Å². The number of hydrogen-bond donors (Lipinski definition) is 1. The SMILES string of the molecule is CCCCCCCCCCCCCCCCCCOC(=O)c1ccccc1C(=O)O.[Ca+2].[H-].[H-]. The number of unbranched alkanes of at least 4 members (excludes halogenated alkanes) is 15. The summed E-state index contributed by atoms with van der Waals surface area (Å²) in [6, 6.07) is 6.18. The van der Waals surface area contributed by atoms with Crippen molar-refractivity contribution in [2.45, 2.75) is 110 Å². The molecule has 0 aromatic heterocycles. The van der Waals surface area contributed by atoms with Crippen molar-refractivity contribution in [1.82, 2.24) is 0 Å². The van der Waals surface area contributed by atoms with Crippen molar-refractivity contribution in [1.29, 1.82) is 0 Å². The molecule has 0 atom stereocenters. The van der Waals surface area contributed by atoms with Gasteiger partial charge in [0.25, 0.3) is 0 Å². The van der Waals surface area contributed by atoms with Crippen LogP contribution in [0.2, 0.25) is 0 Å². The smallest absolute Gasteiger partial charge is 1.00 e. The van der Waals surface area contributed by atoms with Crippen molar-refractivity contribution in [3.05, 3.63) is 35.4 Å². The topological polar surface area (TPSA) is 63.6 Å². The van der Waals surface area contributed by atoms with Crippen LogP contribution in [0.3, 0.4) is 0 Å². The first-order valence-electron chi connectivity index (χ1n) is 12.2. The quantitative estimate of drug-likeness (QED) is 0.131. The maximum Gasteiger partial charge on any atom is 2.00 e. The molecule has 0 bridgehead atoms. The maximum absolute atomic E-state index is 12.0. The van der Waals surface area contributed by atoms with Gasteiger partial charge in [-0.15, -0.1) is 0 Å². The number of aromatic carboxylic acids is 1. The van der Waals surface area contributed by atoms with Gasteiger partial charge in [0.05, 0.1) is 17.7 Å². The summed E-state index contributed by atoms with van der Waals surface area (Å²) in [5.74, 6) is -1.65. The molecule has 0 aliphatic carbocycles. The number of rotatable bonds is 19. The number of esters is 1. The van der Waals surface area contributed by atoms with Gasteiger partial charge in [0, 0.05) is 0 Å². The fraction of sp³-hybridized carbons (Fsp3) is 0.692. The first-order valence-corrected chi connectivity index (χ1v) is 12.2. The Bertz CT molecular complexity index is 599. The molecule has 1 rings (SSSR count). The van der Waals surface area contributed by atoms with Crippen LogP contribution in [0.4, 0.5) is 0 Å². The molecule has 0 heterocycles. The van der Waals surface area contributed by atoms with Gasteiger partial charge in [0.2, 0.25) is 0 Å². The zero-order valence-electron chi connectivity index (χ0n) is 21.7. The van der Waals surface area contributed by atoms with Gasteiger partial charge in [-0.3, -0.25) is 0 Å². The number of benzene rings is 1. The molecular weight excluding hydrogens is 416 g/mol. The number of carbonyl (C=O) groups excluding carboxylic acids is 1. The van der Waals surface area contributed by atoms with E-state index in [9.17, 15) is 9.59 Å². The summed E-state index contributed by atoms with van der Waals surface area (Å²) in [7, 11) is 0. The molecule has 0 aliphatic rings. The molecule has 1 N–H and O–H groups in total. The van der Waals surface area contributed by atoms with Gasteiger partial charge in [0.15, 0.2) is 0 Å². The van der Waals surface area contributed by atoms with E-state index in [4.69, 9.17) is 9.84 Å². The Labute approximate surface area is 222 Å². The van der Waals surface area contributed by atoms with Gasteiger partial charge in [-0.2, -0.15) is 0 Å². The molecule has 5 heteroatoms. The van der Waals surface area contributed by atoms with E-state index in [0.717, 1.165) is 12.8 Å². The number of carboxylic acid groups (broad SMARTS) is 1. The average Bonchev–Trinajstić information content (AvgIpc) is 2.75. The zero-order chi connectivity index (χ0) is 21.9. The predicted octanol–water partition coefficient (Wildman–Crippen LogP) is 7.65. The van der Waals surface area contributed by atoms with Crippen LogP contribution >= 0.6 is 0 Å². The molecule has 4 nitrogen and oxygen atoms in total. The number of ether oxygens (including phenoxy) is 1. The molecule has 1 aromatic carbocycles. The Morgan fingerprint density at radius 3 is 1.52 bits per heavy atom. The van der Waals surface area contributed by atoms with E-state index in [1.807, 2.05) is 0 Å². The summed E-state index contributed by atoms with van der Waals surface area (Å²) >= 11 is 0. The third-order valence-corrected chi connectivity index (χ3v) is 5.61. The normalized spacial score (nSPS) is 10.5. The second kappa shape index (κ2) is 21.3. The standard InChI is InChI=1S/C26H42O4.Ca.2H/c1-2-3-4-5-6-7-8-9-10-11-12-13-14-15-16-19-22-30-26(29)24-21-18-17-20-23(24)25(27)28;;;/h17-18,20-21H,2-16,19,22H2,1H3,(H,27,28);;;/q;+2;2*-1. The summed E-state index contributed by atoms with van der Waals surface area (Å²) in [6.07, 6.45) is 20.8. The van der Waals surface area contributed by atoms with Gasteiger partial charge < -0.3 is 12.7 Å². The van der Waals surface area contributed by atoms with E-state index in [-0.39, 0.29) is 51.7 Å². The molecule has 0 unspecified atom stereocenters. The van der Waals surface area contributed by atoms with E-state index in [2.05, 4.69) is 6.92 Å². The van der Waals surface area contributed by atoms with Crippen LogP contribution in [0.1, 0.15) is 133 Å². The summed E-state index contributed by atoms with van der Waals surface area (Å²) in [6.45, 7) is 2.62. The van der Waals surface area contributed by atoms with Crippen LogP contribution in [-0.2, 0) is 4.74 Å². The Hall–Kier alpha value is -0.580. The van der Waals surface area contributed by atoms with Crippen LogP contribution in [0.5, 0.6) is 0 Å². The molecule has 31 heavy (non-hydrogen) atoms. The van der Waals surface area contributed by atoms with Crippen LogP contribution in [0.25, 0.3) is 0 Å². The van der Waals surface area contributed by atoms with Gasteiger partial charge in [0.1, 0.15) is 0 Å². The molecule has 0 aliphatic heterocycles. The predicted molar refractivity (Wildman–Crippen MR) is 131 cm³/mol. The summed E-state index contributed by atoms with van der Waals surface area (Å²) in [5, 5.41) is 9.13. The third-order valence-electron chi connectivity index (χ3n) is 5.61. The number of hydrogen-bond acceptors (Lipinski definition) is 3. The molecule has 0 amide bonds. The second-order valence-electron chi connectivity index (χ2n) is 8.29. The van der Waals surface area contributed by atoms with Gasteiger partial charge in [-0.05, 0) is 18.6 Å². The molecule has 174 valence electrons. The Balaban J connectivity index is -0.00000300. The van der Waals surface area contributed by atoms with Gasteiger partial charge in [-0.25, -0.2) is 9.59 Å². The first kappa shape index (κ1) is 30.4. The molecule has 0 saturated carbocycles. The molecule has 0 saturated heterocycles. The van der Waals surface area contributed by atoms with E-state index in [1.165, 1.54) is 102 Å². The van der Waals surface area contributed by atoms with Crippen molar-refractivity contribution in [3.63, 3.8) is 0 Å². The minimum absolute atomic E-state index is 0. The Morgan fingerprint density at radius 2 is 1.10 bits per heavy atom. The van der Waals surface area contributed by atoms with E-state index in [1.54, 1.807) is 12.1 Å². The van der Waals surface area contributed by atoms with Gasteiger partial charge in [-0.1, -0.05) is 115 Å². The van der Waals surface area contributed by atoms with E-state index < -0.39 is 11.9 Å². The maximum atomic E-state index is 12.0. The molecular formula is C26H44CaO4. The van der Waals surface area contributed by atoms with Crippen molar-refractivity contribution in [2.24, 2.45) is 0 Å². The number of carboxylic acids is 1. The molecule has 0 radical (unpaired) electrons. The fourth-order valence-corrected chi connectivity index (χ4v) is 3.74. The Kier molecular flexibility index (Phi) is 20.9. The summed E-state index contributed by atoms with van der Waals surface area (Å²) < 4.78 is 5.24. The van der Waals surface area contributed by atoms with Crippen LogP contribution in [0, 0.1) is 0 Å². The van der Waals surface area contributed by atoms with E-state index >= 15 is 0 Å². The largest absolute Gasteiger partial charge is 2.00 e. The third kappa shape index (κ3) is 15.8. The van der Waals surface area contributed by atoms with Crippen LogP contribution in [-0.4, -0.2) is 61.4 Å². The minimum atomic E-state index is -1.11. The summed E-state index contributed by atoms with van der Waals surface area (Å²) in [4.78, 5) is 23.2. The van der Waals surface area contributed by atoms with Crippen molar-refractivity contribution in [2.75, 3.05) is 6.61 Å². The molecule has 0 fully saturated rings. The van der Waals surface area contributed by atoms with Crippen LogP contribution in [0.15, 0.2) is 24.3 Å². The Morgan fingerprint density at radius 1 is 0.710 bits per heavy atom. The van der Waals surface area contributed by atoms with Gasteiger partial charge >= 0.3 is 49.7 Å². The van der Waals surface area contributed by atoms with Crippen LogP contribution < -0.4 is 0 Å². The number of carbonyl (C=O) groups is 2. The van der Waals surface area contributed by atoms with E-state index in [0.29, 0.717) is 6.61 Å². The van der Waals surface area contributed by atoms with Crippen molar-refractivity contribution in [3.8, 4) is 0 Å². The molecule has 0 spiro atoms. The second-order valence-corrected chi connectivity index (χ2v) is 8.29. The molecule has 1 aromatic rings. The average molecular weight is 461 g/mol. The van der Waals surface area contributed by atoms with Crippen molar-refractivity contribution >= 4 is 49.7 Å². The zero-order valence-corrected chi connectivity index (χ0v) is 21.9. The monoisotopic (exact) mass is 460 g/mol.